The molecule has 0 aromatic carbocycles. The van der Waals surface area contributed by atoms with Crippen molar-refractivity contribution in [2.75, 3.05) is 18.5 Å². The van der Waals surface area contributed by atoms with Crippen LogP contribution in [0.5, 0.6) is 0 Å². The Balaban J connectivity index is 1.94. The Hall–Kier alpha value is -1.60. The summed E-state index contributed by atoms with van der Waals surface area (Å²) in [5.74, 6) is -0.977. The van der Waals surface area contributed by atoms with Gasteiger partial charge in [0, 0.05) is 6.61 Å². The van der Waals surface area contributed by atoms with Crippen molar-refractivity contribution >= 4 is 28.3 Å². The zero-order valence-corrected chi connectivity index (χ0v) is 10.7. The minimum atomic E-state index is -0.977. The van der Waals surface area contributed by atoms with E-state index in [0.29, 0.717) is 23.8 Å². The van der Waals surface area contributed by atoms with Crippen LogP contribution in [-0.2, 0) is 4.74 Å². The molecule has 1 aromatic heterocycles. The molecule has 1 saturated heterocycles. The molecule has 6 nitrogen and oxygen atoms in total. The minimum Gasteiger partial charge on any atom is -0.477 e. The summed E-state index contributed by atoms with van der Waals surface area (Å²) in [6, 6.07) is 1.35. The molecule has 18 heavy (non-hydrogen) atoms. The number of aryl methyl sites for hydroxylation is 1. The van der Waals surface area contributed by atoms with Crippen molar-refractivity contribution < 1.29 is 19.4 Å². The van der Waals surface area contributed by atoms with Crippen LogP contribution in [0.3, 0.4) is 0 Å². The highest BCUT2D eigenvalue weighted by molar-refractivity contribution is 7.18. The molecule has 0 bridgehead atoms. The standard InChI is InChI=1S/C11H14N2O4S/c1-6-4-8(18-9(6)10(14)15)13-11(16)12-7-2-3-17-5-7/h4,7H,2-3,5H2,1H3,(H,14,15)(H2,12,13,16). The third-order valence-electron chi connectivity index (χ3n) is 2.61. The Morgan fingerprint density at radius 3 is 2.89 bits per heavy atom. The number of rotatable bonds is 3. The molecule has 1 aliphatic heterocycles. The third-order valence-corrected chi connectivity index (χ3v) is 3.75. The first-order chi connectivity index (χ1) is 8.56. The van der Waals surface area contributed by atoms with Gasteiger partial charge in [-0.25, -0.2) is 9.59 Å². The van der Waals surface area contributed by atoms with Crippen LogP contribution in [-0.4, -0.2) is 36.4 Å². The molecule has 1 fully saturated rings. The molecule has 3 N–H and O–H groups in total. The van der Waals surface area contributed by atoms with Gasteiger partial charge in [0.25, 0.3) is 0 Å². The monoisotopic (exact) mass is 270 g/mol. The van der Waals surface area contributed by atoms with Gasteiger partial charge in [-0.15, -0.1) is 11.3 Å². The van der Waals surface area contributed by atoms with Gasteiger partial charge >= 0.3 is 12.0 Å². The maximum Gasteiger partial charge on any atom is 0.346 e. The molecule has 1 atom stereocenters. The second kappa shape index (κ2) is 5.36. The van der Waals surface area contributed by atoms with E-state index < -0.39 is 5.97 Å². The van der Waals surface area contributed by atoms with Crippen molar-refractivity contribution in [1.29, 1.82) is 0 Å². The Bertz CT molecular complexity index is 466. The first-order valence-electron chi connectivity index (χ1n) is 5.55. The van der Waals surface area contributed by atoms with Crippen LogP contribution in [0.25, 0.3) is 0 Å². The zero-order chi connectivity index (χ0) is 13.1. The van der Waals surface area contributed by atoms with E-state index in [9.17, 15) is 9.59 Å². The van der Waals surface area contributed by atoms with Crippen molar-refractivity contribution in [2.45, 2.75) is 19.4 Å². The molecular weight excluding hydrogens is 256 g/mol. The van der Waals surface area contributed by atoms with Gasteiger partial charge in [0.15, 0.2) is 0 Å². The molecule has 2 rings (SSSR count). The number of carbonyl (C=O) groups excluding carboxylic acids is 1. The number of nitrogens with one attached hydrogen (secondary N) is 2. The fraction of sp³-hybridized carbons (Fsp3) is 0.455. The first-order valence-corrected chi connectivity index (χ1v) is 6.37. The fourth-order valence-electron chi connectivity index (χ4n) is 1.74. The van der Waals surface area contributed by atoms with Crippen LogP contribution in [0.1, 0.15) is 21.7 Å². The van der Waals surface area contributed by atoms with Crippen LogP contribution >= 0.6 is 11.3 Å². The van der Waals surface area contributed by atoms with E-state index in [2.05, 4.69) is 10.6 Å². The smallest absolute Gasteiger partial charge is 0.346 e. The average Bonchev–Trinajstić information content (AvgIpc) is 2.88. The van der Waals surface area contributed by atoms with E-state index in [1.54, 1.807) is 13.0 Å². The topological polar surface area (TPSA) is 87.7 Å². The highest BCUT2D eigenvalue weighted by Crippen LogP contribution is 2.26. The van der Waals surface area contributed by atoms with Crippen molar-refractivity contribution in [2.24, 2.45) is 0 Å². The number of hydrogen-bond acceptors (Lipinski definition) is 4. The number of hydrogen-bond donors (Lipinski definition) is 3. The summed E-state index contributed by atoms with van der Waals surface area (Å²) in [6.45, 7) is 2.89. The summed E-state index contributed by atoms with van der Waals surface area (Å²) >= 11 is 1.05. The number of amides is 2. The minimum absolute atomic E-state index is 0.0324. The van der Waals surface area contributed by atoms with Gasteiger partial charge in [-0.05, 0) is 25.0 Å². The second-order valence-corrected chi connectivity index (χ2v) is 5.14. The maximum absolute atomic E-state index is 11.6. The van der Waals surface area contributed by atoms with Gasteiger partial charge in [-0.1, -0.05) is 0 Å². The molecule has 0 radical (unpaired) electrons. The Morgan fingerprint density at radius 1 is 1.56 bits per heavy atom. The first kappa shape index (κ1) is 12.8. The number of anilines is 1. The lowest BCUT2D eigenvalue weighted by molar-refractivity contribution is 0.0701. The summed E-state index contributed by atoms with van der Waals surface area (Å²) in [5, 5.41) is 14.8. The van der Waals surface area contributed by atoms with E-state index in [0.717, 1.165) is 17.8 Å². The molecule has 1 aromatic rings. The normalized spacial score (nSPS) is 18.6. The summed E-state index contributed by atoms with van der Waals surface area (Å²) in [7, 11) is 0. The largest absolute Gasteiger partial charge is 0.477 e. The number of ether oxygens (including phenoxy) is 1. The molecule has 1 unspecified atom stereocenters. The highest BCUT2D eigenvalue weighted by Gasteiger charge is 2.19. The van der Waals surface area contributed by atoms with E-state index >= 15 is 0 Å². The van der Waals surface area contributed by atoms with Crippen LogP contribution in [0.2, 0.25) is 0 Å². The Morgan fingerprint density at radius 2 is 2.33 bits per heavy atom. The van der Waals surface area contributed by atoms with E-state index in [1.807, 2.05) is 0 Å². The number of carboxylic acids is 1. The number of urea groups is 1. The predicted octanol–water partition coefficient (Wildman–Crippen LogP) is 1.67. The Kier molecular flexibility index (Phi) is 3.83. The highest BCUT2D eigenvalue weighted by atomic mass is 32.1. The van der Waals surface area contributed by atoms with Crippen molar-refractivity contribution in [3.8, 4) is 0 Å². The lowest BCUT2D eigenvalue weighted by atomic mass is 10.3. The van der Waals surface area contributed by atoms with Gasteiger partial charge in [-0.2, -0.15) is 0 Å². The molecule has 2 heterocycles. The fourth-order valence-corrected chi connectivity index (χ4v) is 2.64. The van der Waals surface area contributed by atoms with Crippen LogP contribution in [0.15, 0.2) is 6.07 Å². The number of carboxylic acid groups (broad SMARTS) is 1. The molecule has 0 spiro atoms. The van der Waals surface area contributed by atoms with Gasteiger partial charge in [0.1, 0.15) is 4.88 Å². The molecule has 1 aliphatic rings. The number of thiophene rings is 1. The SMILES string of the molecule is Cc1cc(NC(=O)NC2CCOC2)sc1C(=O)O. The van der Waals surface area contributed by atoms with Gasteiger partial charge in [0.05, 0.1) is 17.6 Å². The van der Waals surface area contributed by atoms with E-state index in [1.165, 1.54) is 0 Å². The second-order valence-electron chi connectivity index (χ2n) is 4.09. The molecule has 0 aliphatic carbocycles. The lowest BCUT2D eigenvalue weighted by Gasteiger charge is -2.10. The van der Waals surface area contributed by atoms with Crippen LogP contribution < -0.4 is 10.6 Å². The molecule has 0 saturated carbocycles. The number of carbonyl (C=O) groups is 2. The van der Waals surface area contributed by atoms with Crippen molar-refractivity contribution in [3.63, 3.8) is 0 Å². The maximum atomic E-state index is 11.6. The van der Waals surface area contributed by atoms with E-state index in [-0.39, 0.29) is 17.0 Å². The molecular formula is C11H14N2O4S. The van der Waals surface area contributed by atoms with Crippen LogP contribution in [0, 0.1) is 6.92 Å². The number of aromatic carboxylic acids is 1. The lowest BCUT2D eigenvalue weighted by Crippen LogP contribution is -2.37. The quantitative estimate of drug-likeness (QED) is 0.779. The summed E-state index contributed by atoms with van der Waals surface area (Å²) in [5.41, 5.74) is 0.645. The van der Waals surface area contributed by atoms with Gasteiger partial charge in [-0.3, -0.25) is 5.32 Å². The summed E-state index contributed by atoms with van der Waals surface area (Å²) in [4.78, 5) is 22.8. The predicted molar refractivity (Wildman–Crippen MR) is 67.4 cm³/mol. The summed E-state index contributed by atoms with van der Waals surface area (Å²) < 4.78 is 5.15. The summed E-state index contributed by atoms with van der Waals surface area (Å²) in [6.07, 6.45) is 0.803. The van der Waals surface area contributed by atoms with E-state index in [4.69, 9.17) is 9.84 Å². The third kappa shape index (κ3) is 2.99. The van der Waals surface area contributed by atoms with Crippen molar-refractivity contribution in [3.05, 3.63) is 16.5 Å². The molecule has 2 amide bonds. The van der Waals surface area contributed by atoms with Gasteiger partial charge < -0.3 is 15.2 Å². The Labute approximate surface area is 108 Å². The average molecular weight is 270 g/mol. The molecule has 98 valence electrons. The van der Waals surface area contributed by atoms with Crippen molar-refractivity contribution in [1.82, 2.24) is 5.32 Å². The van der Waals surface area contributed by atoms with Gasteiger partial charge in [0.2, 0.25) is 0 Å². The zero-order valence-electron chi connectivity index (χ0n) is 9.86. The van der Waals surface area contributed by atoms with Crippen LogP contribution in [0.4, 0.5) is 9.80 Å². The molecule has 7 heteroatoms.